The quantitative estimate of drug-likeness (QED) is 0.534. The van der Waals surface area contributed by atoms with Crippen LogP contribution in [0.2, 0.25) is 0 Å². The Kier molecular flexibility index (Phi) is 5.92. The second-order valence-electron chi connectivity index (χ2n) is 6.79. The lowest BCUT2D eigenvalue weighted by atomic mass is 10.0. The van der Waals surface area contributed by atoms with Gasteiger partial charge in [-0.15, -0.1) is 10.2 Å². The fraction of sp³-hybridized carbons (Fsp3) is 0.611. The molecule has 2 aromatic heterocycles. The van der Waals surface area contributed by atoms with E-state index in [9.17, 15) is 5.11 Å². The van der Waals surface area contributed by atoms with Crippen molar-refractivity contribution in [3.8, 4) is 0 Å². The van der Waals surface area contributed by atoms with Crippen LogP contribution in [-0.2, 0) is 25.1 Å². The van der Waals surface area contributed by atoms with Crippen molar-refractivity contribution < 1.29 is 9.52 Å². The molecule has 1 atom stereocenters. The molecule has 1 unspecified atom stereocenters. The topological polar surface area (TPSA) is 100 Å². The Morgan fingerprint density at radius 3 is 3.00 bits per heavy atom. The summed E-state index contributed by atoms with van der Waals surface area (Å²) < 4.78 is 7.51. The Morgan fingerprint density at radius 2 is 2.23 bits per heavy atom. The summed E-state index contributed by atoms with van der Waals surface area (Å²) in [6, 6.07) is 3.53. The van der Waals surface area contributed by atoms with Crippen molar-refractivity contribution in [2.45, 2.75) is 58.2 Å². The first-order valence-corrected chi connectivity index (χ1v) is 9.29. The molecule has 0 aromatic carbocycles. The molecule has 0 saturated heterocycles. The first-order chi connectivity index (χ1) is 12.6. The molecular formula is C18H28N6O2. The molecule has 3 heterocycles. The van der Waals surface area contributed by atoms with Crippen LogP contribution in [-0.4, -0.2) is 38.9 Å². The molecule has 3 N–H and O–H groups in total. The molecule has 3 rings (SSSR count). The number of guanidine groups is 1. The van der Waals surface area contributed by atoms with Crippen LogP contribution in [0.1, 0.15) is 50.5 Å². The molecule has 2 aromatic rings. The van der Waals surface area contributed by atoms with Gasteiger partial charge in [0.2, 0.25) is 0 Å². The molecule has 0 aliphatic carbocycles. The highest BCUT2D eigenvalue weighted by molar-refractivity contribution is 5.79. The van der Waals surface area contributed by atoms with Gasteiger partial charge >= 0.3 is 0 Å². The van der Waals surface area contributed by atoms with E-state index in [-0.39, 0.29) is 6.54 Å². The lowest BCUT2D eigenvalue weighted by Crippen LogP contribution is -2.44. The van der Waals surface area contributed by atoms with Crippen LogP contribution in [0.5, 0.6) is 0 Å². The molecular weight excluding hydrogens is 332 g/mol. The molecule has 0 spiro atoms. The SMILES string of the molecule is CCNC(=NCc1nnc2n1CCCCC2)NCC(C)(O)c1ccco1. The summed E-state index contributed by atoms with van der Waals surface area (Å²) in [6.45, 7) is 6.14. The van der Waals surface area contributed by atoms with Crippen molar-refractivity contribution in [1.29, 1.82) is 0 Å². The van der Waals surface area contributed by atoms with E-state index in [0.717, 1.165) is 37.6 Å². The van der Waals surface area contributed by atoms with Gasteiger partial charge in [0.25, 0.3) is 0 Å². The van der Waals surface area contributed by atoms with Crippen LogP contribution in [0, 0.1) is 0 Å². The van der Waals surface area contributed by atoms with Gasteiger partial charge in [0.1, 0.15) is 23.7 Å². The van der Waals surface area contributed by atoms with Crippen molar-refractivity contribution >= 4 is 5.96 Å². The van der Waals surface area contributed by atoms with Crippen molar-refractivity contribution in [2.24, 2.45) is 4.99 Å². The summed E-state index contributed by atoms with van der Waals surface area (Å²) in [7, 11) is 0. The number of hydrogen-bond donors (Lipinski definition) is 3. The standard InChI is InChI=1S/C18H28N6O2/c1-3-19-17(21-13-18(2,25)14-8-7-11-26-14)20-12-16-23-22-15-9-5-4-6-10-24(15)16/h7-8,11,25H,3-6,9-10,12-13H2,1-2H3,(H2,19,20,21). The largest absolute Gasteiger partial charge is 0.466 e. The Bertz CT molecular complexity index is 720. The zero-order valence-electron chi connectivity index (χ0n) is 15.5. The Balaban J connectivity index is 1.65. The number of fused-ring (bicyclic) bond motifs is 1. The number of rotatable bonds is 6. The maximum Gasteiger partial charge on any atom is 0.191 e. The van der Waals surface area contributed by atoms with Gasteiger partial charge < -0.3 is 24.7 Å². The number of nitrogens with one attached hydrogen (secondary N) is 2. The van der Waals surface area contributed by atoms with E-state index < -0.39 is 5.60 Å². The Labute approximate surface area is 153 Å². The predicted molar refractivity (Wildman–Crippen MR) is 98.7 cm³/mol. The van der Waals surface area contributed by atoms with Gasteiger partial charge in [0.15, 0.2) is 11.8 Å². The van der Waals surface area contributed by atoms with E-state index in [4.69, 9.17) is 4.42 Å². The van der Waals surface area contributed by atoms with Gasteiger partial charge in [-0.3, -0.25) is 0 Å². The Hall–Kier alpha value is -2.35. The second kappa shape index (κ2) is 8.35. The summed E-state index contributed by atoms with van der Waals surface area (Å²) in [5.74, 6) is 3.09. The van der Waals surface area contributed by atoms with E-state index in [0.29, 0.717) is 18.3 Å². The molecule has 1 aliphatic heterocycles. The molecule has 142 valence electrons. The minimum Gasteiger partial charge on any atom is -0.466 e. The maximum absolute atomic E-state index is 10.6. The van der Waals surface area contributed by atoms with Gasteiger partial charge in [-0.1, -0.05) is 6.42 Å². The van der Waals surface area contributed by atoms with Crippen LogP contribution < -0.4 is 10.6 Å². The number of aliphatic hydroxyl groups is 1. The molecule has 0 amide bonds. The highest BCUT2D eigenvalue weighted by Gasteiger charge is 2.26. The van der Waals surface area contributed by atoms with Crippen LogP contribution in [0.25, 0.3) is 0 Å². The lowest BCUT2D eigenvalue weighted by Gasteiger charge is -2.22. The minimum absolute atomic E-state index is 0.282. The number of furan rings is 1. The van der Waals surface area contributed by atoms with Crippen molar-refractivity contribution in [2.75, 3.05) is 13.1 Å². The van der Waals surface area contributed by atoms with Gasteiger partial charge in [-0.25, -0.2) is 4.99 Å². The van der Waals surface area contributed by atoms with Crippen LogP contribution in [0.15, 0.2) is 27.8 Å². The van der Waals surface area contributed by atoms with E-state index in [1.54, 1.807) is 25.3 Å². The van der Waals surface area contributed by atoms with Crippen LogP contribution >= 0.6 is 0 Å². The van der Waals surface area contributed by atoms with Crippen molar-refractivity contribution in [3.05, 3.63) is 35.8 Å². The van der Waals surface area contributed by atoms with Crippen molar-refractivity contribution in [1.82, 2.24) is 25.4 Å². The fourth-order valence-electron chi connectivity index (χ4n) is 3.08. The number of aromatic nitrogens is 3. The van der Waals surface area contributed by atoms with Crippen molar-refractivity contribution in [3.63, 3.8) is 0 Å². The highest BCUT2D eigenvalue weighted by atomic mass is 16.4. The minimum atomic E-state index is -1.12. The fourth-order valence-corrected chi connectivity index (χ4v) is 3.08. The third-order valence-electron chi connectivity index (χ3n) is 4.56. The van der Waals surface area contributed by atoms with Gasteiger partial charge in [0.05, 0.1) is 12.8 Å². The third kappa shape index (κ3) is 4.43. The molecule has 8 heteroatoms. The molecule has 0 fully saturated rings. The number of aliphatic imine (C=N–C) groups is 1. The van der Waals surface area contributed by atoms with E-state index >= 15 is 0 Å². The normalized spacial score (nSPS) is 17.3. The van der Waals surface area contributed by atoms with Gasteiger partial charge in [-0.2, -0.15) is 0 Å². The van der Waals surface area contributed by atoms with E-state index in [1.165, 1.54) is 12.8 Å². The Morgan fingerprint density at radius 1 is 1.35 bits per heavy atom. The summed E-state index contributed by atoms with van der Waals surface area (Å²) >= 11 is 0. The number of aryl methyl sites for hydroxylation is 1. The summed E-state index contributed by atoms with van der Waals surface area (Å²) in [4.78, 5) is 4.61. The van der Waals surface area contributed by atoms with E-state index in [2.05, 4.69) is 30.4 Å². The molecule has 0 radical (unpaired) electrons. The smallest absolute Gasteiger partial charge is 0.191 e. The van der Waals surface area contributed by atoms with Crippen LogP contribution in [0.4, 0.5) is 0 Å². The molecule has 8 nitrogen and oxygen atoms in total. The zero-order valence-corrected chi connectivity index (χ0v) is 15.5. The van der Waals surface area contributed by atoms with Gasteiger partial charge in [-0.05, 0) is 38.8 Å². The monoisotopic (exact) mass is 360 g/mol. The second-order valence-corrected chi connectivity index (χ2v) is 6.79. The molecule has 1 aliphatic rings. The summed E-state index contributed by atoms with van der Waals surface area (Å²) in [6.07, 6.45) is 6.11. The predicted octanol–water partition coefficient (Wildman–Crippen LogP) is 1.56. The average Bonchev–Trinajstić information content (AvgIpc) is 3.24. The van der Waals surface area contributed by atoms with E-state index in [1.807, 2.05) is 6.92 Å². The molecule has 0 bridgehead atoms. The zero-order chi connectivity index (χ0) is 18.4. The molecule has 26 heavy (non-hydrogen) atoms. The average molecular weight is 360 g/mol. The molecule has 0 saturated carbocycles. The van der Waals surface area contributed by atoms with Crippen LogP contribution in [0.3, 0.4) is 0 Å². The highest BCUT2D eigenvalue weighted by Crippen LogP contribution is 2.19. The summed E-state index contributed by atoms with van der Waals surface area (Å²) in [5, 5.41) is 25.6. The third-order valence-corrected chi connectivity index (χ3v) is 4.56. The lowest BCUT2D eigenvalue weighted by molar-refractivity contribution is 0.0386. The maximum atomic E-state index is 10.6. The van der Waals surface area contributed by atoms with Gasteiger partial charge in [0, 0.05) is 19.5 Å². The number of hydrogen-bond acceptors (Lipinski definition) is 5. The summed E-state index contributed by atoms with van der Waals surface area (Å²) in [5.41, 5.74) is -1.12. The first kappa shape index (κ1) is 18.4. The first-order valence-electron chi connectivity index (χ1n) is 9.29. The number of nitrogens with zero attached hydrogens (tertiary/aromatic N) is 4.